The average molecular weight is 353 g/mol. The van der Waals surface area contributed by atoms with Crippen molar-refractivity contribution in [1.82, 2.24) is 15.1 Å². The Morgan fingerprint density at radius 2 is 2.08 bits per heavy atom. The Morgan fingerprint density at radius 1 is 1.28 bits per heavy atom. The Balaban J connectivity index is 1.84. The molecule has 0 spiro atoms. The van der Waals surface area contributed by atoms with Crippen LogP contribution in [0, 0.1) is 0 Å². The second-order valence-corrected chi connectivity index (χ2v) is 6.99. The number of rotatable bonds is 5. The van der Waals surface area contributed by atoms with E-state index in [0.29, 0.717) is 5.69 Å². The molecule has 5 nitrogen and oxygen atoms in total. The largest absolute Gasteiger partial charge is 0.497 e. The number of aromatic amines is 1. The van der Waals surface area contributed by atoms with Crippen LogP contribution < -0.4 is 4.74 Å². The van der Waals surface area contributed by atoms with Gasteiger partial charge in [-0.05, 0) is 42.1 Å². The van der Waals surface area contributed by atoms with Crippen molar-refractivity contribution in [3.63, 3.8) is 0 Å². The average Bonchev–Trinajstić information content (AvgIpc) is 3.35. The highest BCUT2D eigenvalue weighted by atomic mass is 32.1. The second-order valence-electron chi connectivity index (χ2n) is 6.01. The predicted octanol–water partition coefficient (Wildman–Crippen LogP) is 4.10. The fourth-order valence-electron chi connectivity index (χ4n) is 3.38. The van der Waals surface area contributed by atoms with Gasteiger partial charge in [-0.1, -0.05) is 13.0 Å². The molecule has 2 aromatic heterocycles. The Morgan fingerprint density at radius 3 is 2.72 bits per heavy atom. The molecule has 0 saturated carbocycles. The number of hydrogen-bond donors (Lipinski definition) is 1. The number of nitrogens with one attached hydrogen (secondary N) is 1. The minimum Gasteiger partial charge on any atom is -0.497 e. The first-order chi connectivity index (χ1) is 12.2. The van der Waals surface area contributed by atoms with Crippen molar-refractivity contribution >= 4 is 17.2 Å². The van der Waals surface area contributed by atoms with Crippen molar-refractivity contribution in [2.75, 3.05) is 13.7 Å². The molecule has 0 bridgehead atoms. The number of nitrogens with zero attached hydrogens (tertiary/aromatic N) is 2. The molecule has 1 atom stereocenters. The highest BCUT2D eigenvalue weighted by molar-refractivity contribution is 7.10. The maximum absolute atomic E-state index is 12.9. The molecule has 0 saturated heterocycles. The van der Waals surface area contributed by atoms with Crippen molar-refractivity contribution in [1.29, 1.82) is 0 Å². The van der Waals surface area contributed by atoms with E-state index in [1.54, 1.807) is 18.4 Å². The Bertz CT molecular complexity index is 884. The molecule has 3 heterocycles. The zero-order valence-corrected chi connectivity index (χ0v) is 15.0. The third-order valence-electron chi connectivity index (χ3n) is 4.50. The van der Waals surface area contributed by atoms with Crippen LogP contribution in [0.25, 0.3) is 11.3 Å². The lowest BCUT2D eigenvalue weighted by Crippen LogP contribution is -2.29. The summed E-state index contributed by atoms with van der Waals surface area (Å²) in [5.41, 5.74) is 3.40. The van der Waals surface area contributed by atoms with Gasteiger partial charge in [-0.25, -0.2) is 0 Å². The van der Waals surface area contributed by atoms with Crippen LogP contribution >= 0.6 is 11.3 Å². The summed E-state index contributed by atoms with van der Waals surface area (Å²) in [6, 6.07) is 11.8. The highest BCUT2D eigenvalue weighted by Gasteiger charge is 2.42. The van der Waals surface area contributed by atoms with Gasteiger partial charge in [0.25, 0.3) is 5.91 Å². The lowest BCUT2D eigenvalue weighted by molar-refractivity contribution is 0.0746. The number of H-pyrrole nitrogens is 1. The van der Waals surface area contributed by atoms with Crippen LogP contribution in [-0.2, 0) is 0 Å². The summed E-state index contributed by atoms with van der Waals surface area (Å²) in [4.78, 5) is 16.0. The zero-order chi connectivity index (χ0) is 17.4. The molecule has 1 aromatic carbocycles. The summed E-state index contributed by atoms with van der Waals surface area (Å²) in [6.45, 7) is 2.82. The number of fused-ring (bicyclic) bond motifs is 1. The summed E-state index contributed by atoms with van der Waals surface area (Å²) >= 11 is 1.67. The van der Waals surface area contributed by atoms with Crippen LogP contribution in [0.5, 0.6) is 5.75 Å². The molecule has 1 aliphatic rings. The smallest absolute Gasteiger partial charge is 0.273 e. The van der Waals surface area contributed by atoms with Gasteiger partial charge in [0, 0.05) is 22.5 Å². The van der Waals surface area contributed by atoms with E-state index in [1.165, 1.54) is 0 Å². The molecule has 0 aliphatic carbocycles. The molecular weight excluding hydrogens is 334 g/mol. The van der Waals surface area contributed by atoms with Crippen molar-refractivity contribution in [3.05, 3.63) is 57.9 Å². The number of thiophene rings is 1. The van der Waals surface area contributed by atoms with Crippen LogP contribution in [0.4, 0.5) is 0 Å². The molecule has 0 radical (unpaired) electrons. The van der Waals surface area contributed by atoms with Crippen LogP contribution in [0.2, 0.25) is 0 Å². The summed E-state index contributed by atoms with van der Waals surface area (Å²) in [7, 11) is 1.65. The Hall–Kier alpha value is -2.60. The molecule has 3 aromatic rings. The van der Waals surface area contributed by atoms with Gasteiger partial charge in [0.15, 0.2) is 0 Å². The third-order valence-corrected chi connectivity index (χ3v) is 5.43. The van der Waals surface area contributed by atoms with Gasteiger partial charge >= 0.3 is 0 Å². The quantitative estimate of drug-likeness (QED) is 0.751. The maximum Gasteiger partial charge on any atom is 0.273 e. The maximum atomic E-state index is 12.9. The van der Waals surface area contributed by atoms with Gasteiger partial charge in [0.1, 0.15) is 11.4 Å². The monoisotopic (exact) mass is 353 g/mol. The van der Waals surface area contributed by atoms with E-state index >= 15 is 0 Å². The van der Waals surface area contributed by atoms with Crippen LogP contribution in [0.15, 0.2) is 41.8 Å². The molecule has 6 heteroatoms. The number of benzene rings is 1. The van der Waals surface area contributed by atoms with E-state index in [4.69, 9.17) is 4.74 Å². The van der Waals surface area contributed by atoms with Crippen LogP contribution in [0.1, 0.15) is 40.3 Å². The van der Waals surface area contributed by atoms with Crippen molar-refractivity contribution in [2.45, 2.75) is 19.4 Å². The Labute approximate surface area is 150 Å². The van der Waals surface area contributed by atoms with E-state index in [0.717, 1.165) is 40.4 Å². The highest BCUT2D eigenvalue weighted by Crippen LogP contribution is 2.44. The summed E-state index contributed by atoms with van der Waals surface area (Å²) in [6.07, 6.45) is 0.920. The minimum absolute atomic E-state index is 0.0301. The first-order valence-electron chi connectivity index (χ1n) is 8.31. The molecule has 1 unspecified atom stereocenters. The van der Waals surface area contributed by atoms with Crippen LogP contribution in [0.3, 0.4) is 0 Å². The number of carbonyl (C=O) groups is 1. The number of hydrogen-bond acceptors (Lipinski definition) is 4. The fourth-order valence-corrected chi connectivity index (χ4v) is 4.23. The molecule has 25 heavy (non-hydrogen) atoms. The lowest BCUT2D eigenvalue weighted by atomic mass is 10.0. The van der Waals surface area contributed by atoms with E-state index in [-0.39, 0.29) is 11.9 Å². The SMILES string of the molecule is CCCN1C(=O)c2[nH]nc(-c3ccc(OC)cc3)c2C1c1cccs1. The molecule has 4 rings (SSSR count). The first-order valence-corrected chi connectivity index (χ1v) is 9.19. The molecule has 1 aliphatic heterocycles. The number of methoxy groups -OCH3 is 1. The van der Waals surface area contributed by atoms with Gasteiger partial charge in [0.05, 0.1) is 18.8 Å². The first kappa shape index (κ1) is 15.9. The van der Waals surface area contributed by atoms with Gasteiger partial charge < -0.3 is 9.64 Å². The molecule has 1 N–H and O–H groups in total. The van der Waals surface area contributed by atoms with Gasteiger partial charge in [-0.2, -0.15) is 5.10 Å². The van der Waals surface area contributed by atoms with E-state index in [1.807, 2.05) is 35.2 Å². The second kappa shape index (κ2) is 6.37. The van der Waals surface area contributed by atoms with Crippen LogP contribution in [-0.4, -0.2) is 34.7 Å². The fraction of sp³-hybridized carbons (Fsp3) is 0.263. The van der Waals surface area contributed by atoms with Crippen molar-refractivity contribution < 1.29 is 9.53 Å². The van der Waals surface area contributed by atoms with Crippen molar-refractivity contribution in [3.8, 4) is 17.0 Å². The normalized spacial score (nSPS) is 16.3. The van der Waals surface area contributed by atoms with E-state index in [9.17, 15) is 4.79 Å². The summed E-state index contributed by atoms with van der Waals surface area (Å²) < 4.78 is 5.24. The third kappa shape index (κ3) is 2.53. The van der Waals surface area contributed by atoms with Gasteiger partial charge in [0.2, 0.25) is 0 Å². The number of ether oxygens (including phenoxy) is 1. The van der Waals surface area contributed by atoms with Gasteiger partial charge in [-0.15, -0.1) is 11.3 Å². The lowest BCUT2D eigenvalue weighted by Gasteiger charge is -2.24. The Kier molecular flexibility index (Phi) is 4.05. The molecule has 0 fully saturated rings. The zero-order valence-electron chi connectivity index (χ0n) is 14.2. The standard InChI is InChI=1S/C19H19N3O2S/c1-3-10-22-18(14-5-4-11-25-14)15-16(20-21-17(15)19(22)23)12-6-8-13(24-2)9-7-12/h4-9,11,18H,3,10H2,1-2H3,(H,20,21). The number of amides is 1. The molecule has 128 valence electrons. The minimum atomic E-state index is -0.0710. The topological polar surface area (TPSA) is 58.2 Å². The van der Waals surface area contributed by atoms with Gasteiger partial charge in [-0.3, -0.25) is 9.89 Å². The summed E-state index contributed by atoms with van der Waals surface area (Å²) in [5.74, 6) is 0.830. The predicted molar refractivity (Wildman–Crippen MR) is 98.1 cm³/mol. The molecular formula is C19H19N3O2S. The number of aromatic nitrogens is 2. The van der Waals surface area contributed by atoms with Crippen molar-refractivity contribution in [2.24, 2.45) is 0 Å². The van der Waals surface area contributed by atoms with E-state index in [2.05, 4.69) is 28.6 Å². The van der Waals surface area contributed by atoms with E-state index < -0.39 is 0 Å². The number of carbonyl (C=O) groups excluding carboxylic acids is 1. The summed E-state index contributed by atoms with van der Waals surface area (Å²) in [5, 5.41) is 9.49. The molecule has 1 amide bonds.